The molecule has 1 unspecified atom stereocenters. The van der Waals surface area contributed by atoms with E-state index in [0.717, 1.165) is 18.6 Å². The molecule has 0 rings (SSSR count). The molecule has 0 aliphatic carbocycles. The molecule has 0 bridgehead atoms. The van der Waals surface area contributed by atoms with E-state index in [4.69, 9.17) is 5.11 Å². The summed E-state index contributed by atoms with van der Waals surface area (Å²) in [4.78, 5) is 24.5. The van der Waals surface area contributed by atoms with Crippen molar-refractivity contribution in [2.24, 2.45) is 0 Å². The number of thioether (sulfide) groups is 1. The Morgan fingerprint density at radius 3 is 2.50 bits per heavy atom. The number of carbonyl (C=O) groups excluding carboxylic acids is 1. The van der Waals surface area contributed by atoms with E-state index in [-0.39, 0.29) is 12.1 Å². The third kappa shape index (κ3) is 6.14. The highest BCUT2D eigenvalue weighted by Crippen LogP contribution is 2.06. The molecule has 0 aromatic carbocycles. The number of aliphatic carboxylic acids is 1. The van der Waals surface area contributed by atoms with Crippen LogP contribution in [0.5, 0.6) is 0 Å². The third-order valence-corrected chi connectivity index (χ3v) is 3.65. The van der Waals surface area contributed by atoms with Crippen LogP contribution in [0.25, 0.3) is 0 Å². The van der Waals surface area contributed by atoms with Crippen molar-refractivity contribution in [3.05, 3.63) is 0 Å². The summed E-state index contributed by atoms with van der Waals surface area (Å²) in [5.74, 6) is -0.140. The fourth-order valence-corrected chi connectivity index (χ4v) is 2.18. The number of amides is 2. The SMILES string of the molecule is CCCC[C@H](NC(=O)N(C)C(C)CSC)C(=O)O. The predicted molar refractivity (Wildman–Crippen MR) is 75.1 cm³/mol. The van der Waals surface area contributed by atoms with Crippen molar-refractivity contribution in [2.45, 2.75) is 45.2 Å². The summed E-state index contributed by atoms with van der Waals surface area (Å²) in [5, 5.41) is 11.6. The maximum Gasteiger partial charge on any atom is 0.326 e. The van der Waals surface area contributed by atoms with Gasteiger partial charge in [0.1, 0.15) is 6.04 Å². The van der Waals surface area contributed by atoms with Gasteiger partial charge in [-0.25, -0.2) is 9.59 Å². The Bertz CT molecular complexity index is 274. The van der Waals surface area contributed by atoms with Crippen LogP contribution >= 0.6 is 11.8 Å². The number of hydrogen-bond acceptors (Lipinski definition) is 3. The van der Waals surface area contributed by atoms with Gasteiger partial charge in [-0.1, -0.05) is 19.8 Å². The normalized spacial score (nSPS) is 13.8. The molecule has 106 valence electrons. The number of carboxylic acid groups (broad SMARTS) is 1. The van der Waals surface area contributed by atoms with E-state index < -0.39 is 12.0 Å². The van der Waals surface area contributed by atoms with Crippen LogP contribution in [0.3, 0.4) is 0 Å². The van der Waals surface area contributed by atoms with Crippen molar-refractivity contribution >= 4 is 23.8 Å². The van der Waals surface area contributed by atoms with E-state index in [1.807, 2.05) is 20.1 Å². The quantitative estimate of drug-likeness (QED) is 0.711. The van der Waals surface area contributed by atoms with Crippen molar-refractivity contribution in [2.75, 3.05) is 19.1 Å². The van der Waals surface area contributed by atoms with E-state index in [2.05, 4.69) is 5.32 Å². The van der Waals surface area contributed by atoms with Gasteiger partial charge in [-0.3, -0.25) is 0 Å². The van der Waals surface area contributed by atoms with E-state index >= 15 is 0 Å². The van der Waals surface area contributed by atoms with E-state index in [0.29, 0.717) is 6.42 Å². The van der Waals surface area contributed by atoms with Gasteiger partial charge in [-0.05, 0) is 19.6 Å². The average molecular weight is 276 g/mol. The minimum atomic E-state index is -0.970. The number of carboxylic acids is 1. The van der Waals surface area contributed by atoms with E-state index in [9.17, 15) is 9.59 Å². The largest absolute Gasteiger partial charge is 0.480 e. The third-order valence-electron chi connectivity index (χ3n) is 2.83. The Kier molecular flexibility index (Phi) is 8.62. The zero-order valence-electron chi connectivity index (χ0n) is 11.6. The Morgan fingerprint density at radius 2 is 2.06 bits per heavy atom. The molecule has 6 heteroatoms. The molecule has 0 aliphatic rings. The summed E-state index contributed by atoms with van der Waals surface area (Å²) < 4.78 is 0. The van der Waals surface area contributed by atoms with Crippen molar-refractivity contribution in [3.8, 4) is 0 Å². The van der Waals surface area contributed by atoms with Gasteiger partial charge in [0.2, 0.25) is 0 Å². The average Bonchev–Trinajstić information content (AvgIpc) is 2.33. The smallest absolute Gasteiger partial charge is 0.326 e. The van der Waals surface area contributed by atoms with Gasteiger partial charge in [0.05, 0.1) is 0 Å². The maximum atomic E-state index is 11.9. The highest BCUT2D eigenvalue weighted by atomic mass is 32.2. The van der Waals surface area contributed by atoms with Gasteiger partial charge >= 0.3 is 12.0 Å². The number of nitrogens with zero attached hydrogens (tertiary/aromatic N) is 1. The molecular weight excluding hydrogens is 252 g/mol. The monoisotopic (exact) mass is 276 g/mol. The van der Waals surface area contributed by atoms with Crippen LogP contribution in [0.4, 0.5) is 4.79 Å². The van der Waals surface area contributed by atoms with Crippen molar-refractivity contribution in [1.29, 1.82) is 0 Å². The lowest BCUT2D eigenvalue weighted by atomic mass is 10.1. The Labute approximate surface area is 113 Å². The minimum Gasteiger partial charge on any atom is -0.480 e. The Balaban J connectivity index is 4.35. The van der Waals surface area contributed by atoms with Crippen LogP contribution in [-0.4, -0.2) is 53.1 Å². The summed E-state index contributed by atoms with van der Waals surface area (Å²) in [7, 11) is 1.69. The van der Waals surface area contributed by atoms with Gasteiger partial charge in [-0.2, -0.15) is 11.8 Å². The summed E-state index contributed by atoms with van der Waals surface area (Å²) in [5.41, 5.74) is 0. The zero-order chi connectivity index (χ0) is 14.1. The van der Waals surface area contributed by atoms with Crippen molar-refractivity contribution in [1.82, 2.24) is 10.2 Å². The van der Waals surface area contributed by atoms with Gasteiger partial charge in [0, 0.05) is 18.8 Å². The molecule has 18 heavy (non-hydrogen) atoms. The number of hydrogen-bond donors (Lipinski definition) is 2. The Morgan fingerprint density at radius 1 is 1.44 bits per heavy atom. The maximum absolute atomic E-state index is 11.9. The molecule has 0 saturated heterocycles. The second-order valence-electron chi connectivity index (χ2n) is 4.40. The van der Waals surface area contributed by atoms with Crippen LogP contribution in [0.2, 0.25) is 0 Å². The standard InChI is InChI=1S/C12H24N2O3S/c1-5-6-7-10(11(15)16)13-12(17)14(3)9(2)8-18-4/h9-10H,5-8H2,1-4H3,(H,13,17)(H,15,16)/t9?,10-/m0/s1. The van der Waals surface area contributed by atoms with Crippen LogP contribution in [0.1, 0.15) is 33.1 Å². The molecule has 2 amide bonds. The van der Waals surface area contributed by atoms with Crippen LogP contribution in [0.15, 0.2) is 0 Å². The lowest BCUT2D eigenvalue weighted by Gasteiger charge is -2.26. The van der Waals surface area contributed by atoms with Crippen molar-refractivity contribution in [3.63, 3.8) is 0 Å². The molecule has 0 spiro atoms. The lowest BCUT2D eigenvalue weighted by molar-refractivity contribution is -0.139. The number of unbranched alkanes of at least 4 members (excludes halogenated alkanes) is 1. The first-order valence-electron chi connectivity index (χ1n) is 6.19. The highest BCUT2D eigenvalue weighted by Gasteiger charge is 2.22. The Hall–Kier alpha value is -0.910. The molecule has 0 aliphatic heterocycles. The molecule has 2 N–H and O–H groups in total. The number of urea groups is 1. The first-order chi connectivity index (χ1) is 8.43. The van der Waals surface area contributed by atoms with Gasteiger partial charge in [-0.15, -0.1) is 0 Å². The van der Waals surface area contributed by atoms with Crippen LogP contribution in [-0.2, 0) is 4.79 Å². The summed E-state index contributed by atoms with van der Waals surface area (Å²) in [6, 6.07) is -1.03. The highest BCUT2D eigenvalue weighted by molar-refractivity contribution is 7.98. The number of nitrogens with one attached hydrogen (secondary N) is 1. The molecule has 0 fully saturated rings. The molecular formula is C12H24N2O3S. The first-order valence-corrected chi connectivity index (χ1v) is 7.58. The molecule has 0 saturated carbocycles. The van der Waals surface area contributed by atoms with Crippen LogP contribution < -0.4 is 5.32 Å². The van der Waals surface area contributed by atoms with Crippen molar-refractivity contribution < 1.29 is 14.7 Å². The van der Waals surface area contributed by atoms with Gasteiger partial charge in [0.25, 0.3) is 0 Å². The summed E-state index contributed by atoms with van der Waals surface area (Å²) >= 11 is 1.66. The van der Waals surface area contributed by atoms with Gasteiger partial charge < -0.3 is 15.3 Å². The first kappa shape index (κ1) is 17.1. The van der Waals surface area contributed by atoms with E-state index in [1.54, 1.807) is 23.7 Å². The molecule has 0 heterocycles. The van der Waals surface area contributed by atoms with Crippen LogP contribution in [0, 0.1) is 0 Å². The summed E-state index contributed by atoms with van der Waals surface area (Å²) in [6.07, 6.45) is 4.16. The lowest BCUT2D eigenvalue weighted by Crippen LogP contribution is -2.49. The minimum absolute atomic E-state index is 0.0839. The van der Waals surface area contributed by atoms with Gasteiger partial charge in [0.15, 0.2) is 0 Å². The number of rotatable bonds is 8. The fraction of sp³-hybridized carbons (Fsp3) is 0.833. The topological polar surface area (TPSA) is 69.6 Å². The molecule has 2 atom stereocenters. The number of carbonyl (C=O) groups is 2. The second kappa shape index (κ2) is 9.08. The predicted octanol–water partition coefficient (Wildman–Crippen LogP) is 2.02. The molecule has 0 aromatic rings. The fourth-order valence-electron chi connectivity index (χ4n) is 1.47. The molecule has 0 radical (unpaired) electrons. The summed E-state index contributed by atoms with van der Waals surface area (Å²) in [6.45, 7) is 3.94. The molecule has 0 aromatic heterocycles. The molecule has 5 nitrogen and oxygen atoms in total. The zero-order valence-corrected chi connectivity index (χ0v) is 12.4. The van der Waals surface area contributed by atoms with E-state index in [1.165, 1.54) is 0 Å². The second-order valence-corrected chi connectivity index (χ2v) is 5.31.